The summed E-state index contributed by atoms with van der Waals surface area (Å²) in [5, 5.41) is 11.8. The SMILES string of the molecule is CCn1cc(Cl)c(CNC(=O)c2nn(CC)cc2Br)n1. The van der Waals surface area contributed by atoms with Crippen molar-refractivity contribution in [3.8, 4) is 0 Å². The number of rotatable bonds is 5. The standard InChI is InChI=1S/C12H15BrClN5O/c1-3-18-6-8(13)11(17-18)12(20)15-5-10-9(14)7-19(4-2)16-10/h6-7H,3-5H2,1-2H3,(H,15,20). The van der Waals surface area contributed by atoms with Gasteiger partial charge >= 0.3 is 0 Å². The Hall–Kier alpha value is -1.34. The van der Waals surface area contributed by atoms with Gasteiger partial charge in [0.05, 0.1) is 16.0 Å². The molecule has 0 saturated carbocycles. The normalized spacial score (nSPS) is 10.8. The third kappa shape index (κ3) is 3.21. The highest BCUT2D eigenvalue weighted by Crippen LogP contribution is 2.16. The van der Waals surface area contributed by atoms with Crippen molar-refractivity contribution in [2.75, 3.05) is 0 Å². The van der Waals surface area contributed by atoms with Gasteiger partial charge in [-0.15, -0.1) is 0 Å². The first-order valence-corrected chi connectivity index (χ1v) is 7.45. The molecule has 20 heavy (non-hydrogen) atoms. The summed E-state index contributed by atoms with van der Waals surface area (Å²) in [4.78, 5) is 12.1. The maximum Gasteiger partial charge on any atom is 0.273 e. The van der Waals surface area contributed by atoms with Gasteiger partial charge in [-0.3, -0.25) is 14.2 Å². The van der Waals surface area contributed by atoms with E-state index in [0.29, 0.717) is 27.4 Å². The Balaban J connectivity index is 2.04. The van der Waals surface area contributed by atoms with Gasteiger partial charge in [0.2, 0.25) is 0 Å². The molecule has 2 rings (SSSR count). The maximum atomic E-state index is 12.1. The molecule has 2 aromatic rings. The number of aryl methyl sites for hydroxylation is 2. The first kappa shape index (κ1) is 15.1. The maximum absolute atomic E-state index is 12.1. The van der Waals surface area contributed by atoms with Gasteiger partial charge in [0.15, 0.2) is 5.69 Å². The fourth-order valence-corrected chi connectivity index (χ4v) is 2.39. The molecule has 0 aliphatic carbocycles. The van der Waals surface area contributed by atoms with E-state index >= 15 is 0 Å². The number of carbonyl (C=O) groups excluding carboxylic acids is 1. The Labute approximate surface area is 130 Å². The summed E-state index contributed by atoms with van der Waals surface area (Å²) in [6.07, 6.45) is 3.51. The Morgan fingerprint density at radius 2 is 1.95 bits per heavy atom. The van der Waals surface area contributed by atoms with E-state index in [0.717, 1.165) is 6.54 Å². The average molecular weight is 361 g/mol. The number of halogens is 2. The zero-order valence-corrected chi connectivity index (χ0v) is 13.6. The van der Waals surface area contributed by atoms with Gasteiger partial charge in [-0.05, 0) is 29.8 Å². The Morgan fingerprint density at radius 3 is 2.50 bits per heavy atom. The highest BCUT2D eigenvalue weighted by atomic mass is 79.9. The molecule has 0 aromatic carbocycles. The lowest BCUT2D eigenvalue weighted by atomic mass is 10.3. The summed E-state index contributed by atoms with van der Waals surface area (Å²) < 4.78 is 4.09. The van der Waals surface area contributed by atoms with E-state index in [-0.39, 0.29) is 12.5 Å². The van der Waals surface area contributed by atoms with Gasteiger partial charge in [-0.25, -0.2) is 0 Å². The molecule has 1 amide bonds. The minimum atomic E-state index is -0.258. The number of hydrogen-bond acceptors (Lipinski definition) is 3. The van der Waals surface area contributed by atoms with Crippen molar-refractivity contribution in [1.82, 2.24) is 24.9 Å². The number of carbonyl (C=O) groups is 1. The Morgan fingerprint density at radius 1 is 1.30 bits per heavy atom. The lowest BCUT2D eigenvalue weighted by Gasteiger charge is -2.01. The van der Waals surface area contributed by atoms with Crippen LogP contribution in [0.1, 0.15) is 30.0 Å². The monoisotopic (exact) mass is 359 g/mol. The van der Waals surface area contributed by atoms with E-state index in [1.54, 1.807) is 21.8 Å². The molecule has 0 aliphatic rings. The van der Waals surface area contributed by atoms with Crippen LogP contribution in [-0.2, 0) is 19.6 Å². The van der Waals surface area contributed by atoms with Crippen LogP contribution < -0.4 is 5.32 Å². The van der Waals surface area contributed by atoms with E-state index < -0.39 is 0 Å². The summed E-state index contributed by atoms with van der Waals surface area (Å²) in [7, 11) is 0. The molecular formula is C12H15BrClN5O. The van der Waals surface area contributed by atoms with Gasteiger partial charge in [0.1, 0.15) is 5.69 Å². The lowest BCUT2D eigenvalue weighted by Crippen LogP contribution is -2.24. The fourth-order valence-electron chi connectivity index (χ4n) is 1.68. The quantitative estimate of drug-likeness (QED) is 0.891. The van der Waals surface area contributed by atoms with E-state index in [2.05, 4.69) is 31.4 Å². The fraction of sp³-hybridized carbons (Fsp3) is 0.417. The number of amides is 1. The molecule has 2 heterocycles. The van der Waals surface area contributed by atoms with Crippen molar-refractivity contribution in [2.45, 2.75) is 33.5 Å². The highest BCUT2D eigenvalue weighted by molar-refractivity contribution is 9.10. The van der Waals surface area contributed by atoms with Gasteiger partial charge in [-0.1, -0.05) is 11.6 Å². The number of hydrogen-bond donors (Lipinski definition) is 1. The molecule has 0 radical (unpaired) electrons. The molecule has 0 unspecified atom stereocenters. The predicted molar refractivity (Wildman–Crippen MR) is 79.7 cm³/mol. The summed E-state index contributed by atoms with van der Waals surface area (Å²) in [5.41, 5.74) is 1.01. The van der Waals surface area contributed by atoms with Gasteiger partial charge in [0, 0.05) is 25.5 Å². The van der Waals surface area contributed by atoms with E-state index in [1.165, 1.54) is 0 Å². The van der Waals surface area contributed by atoms with Crippen molar-refractivity contribution in [3.05, 3.63) is 33.3 Å². The average Bonchev–Trinajstić information content (AvgIpc) is 2.99. The van der Waals surface area contributed by atoms with Crippen LogP contribution in [-0.4, -0.2) is 25.5 Å². The zero-order valence-electron chi connectivity index (χ0n) is 11.2. The second-order valence-electron chi connectivity index (χ2n) is 4.14. The molecule has 6 nitrogen and oxygen atoms in total. The van der Waals surface area contributed by atoms with Gasteiger partial charge in [-0.2, -0.15) is 10.2 Å². The van der Waals surface area contributed by atoms with Crippen LogP contribution in [0, 0.1) is 0 Å². The van der Waals surface area contributed by atoms with Crippen LogP contribution in [0.15, 0.2) is 16.9 Å². The molecule has 0 fully saturated rings. The molecule has 0 aliphatic heterocycles. The van der Waals surface area contributed by atoms with Crippen LogP contribution in [0.3, 0.4) is 0 Å². The minimum Gasteiger partial charge on any atom is -0.345 e. The van der Waals surface area contributed by atoms with Crippen molar-refractivity contribution in [3.63, 3.8) is 0 Å². The number of nitrogens with zero attached hydrogens (tertiary/aromatic N) is 4. The summed E-state index contributed by atoms with van der Waals surface area (Å²) in [6, 6.07) is 0. The second-order valence-corrected chi connectivity index (χ2v) is 5.40. The summed E-state index contributed by atoms with van der Waals surface area (Å²) >= 11 is 9.37. The molecule has 1 N–H and O–H groups in total. The molecule has 2 aromatic heterocycles. The highest BCUT2D eigenvalue weighted by Gasteiger charge is 2.16. The van der Waals surface area contributed by atoms with Crippen LogP contribution in [0.25, 0.3) is 0 Å². The zero-order chi connectivity index (χ0) is 14.7. The van der Waals surface area contributed by atoms with Crippen LogP contribution in [0.4, 0.5) is 0 Å². The van der Waals surface area contributed by atoms with Crippen LogP contribution in [0.5, 0.6) is 0 Å². The first-order valence-electron chi connectivity index (χ1n) is 6.28. The third-order valence-electron chi connectivity index (χ3n) is 2.78. The molecule has 0 spiro atoms. The summed E-state index contributed by atoms with van der Waals surface area (Å²) in [6.45, 7) is 5.65. The molecular weight excluding hydrogens is 346 g/mol. The Bertz CT molecular complexity index is 621. The molecule has 8 heteroatoms. The second kappa shape index (κ2) is 6.41. The first-order chi connectivity index (χ1) is 9.55. The largest absolute Gasteiger partial charge is 0.345 e. The van der Waals surface area contributed by atoms with Crippen LogP contribution in [0.2, 0.25) is 5.02 Å². The van der Waals surface area contributed by atoms with E-state index in [4.69, 9.17) is 11.6 Å². The molecule has 0 bridgehead atoms. The smallest absolute Gasteiger partial charge is 0.273 e. The van der Waals surface area contributed by atoms with Crippen molar-refractivity contribution in [2.24, 2.45) is 0 Å². The van der Waals surface area contributed by atoms with Gasteiger partial charge < -0.3 is 5.32 Å². The minimum absolute atomic E-state index is 0.258. The van der Waals surface area contributed by atoms with Crippen LogP contribution >= 0.6 is 27.5 Å². The van der Waals surface area contributed by atoms with E-state index in [1.807, 2.05) is 13.8 Å². The van der Waals surface area contributed by atoms with E-state index in [9.17, 15) is 4.79 Å². The summed E-state index contributed by atoms with van der Waals surface area (Å²) in [5.74, 6) is -0.258. The lowest BCUT2D eigenvalue weighted by molar-refractivity contribution is 0.0944. The van der Waals surface area contributed by atoms with Gasteiger partial charge in [0.25, 0.3) is 5.91 Å². The molecule has 0 saturated heterocycles. The topological polar surface area (TPSA) is 64.7 Å². The third-order valence-corrected chi connectivity index (χ3v) is 3.68. The van der Waals surface area contributed by atoms with Crippen molar-refractivity contribution >= 4 is 33.4 Å². The predicted octanol–water partition coefficient (Wildman–Crippen LogP) is 2.47. The number of nitrogens with one attached hydrogen (secondary N) is 1. The molecule has 0 atom stereocenters. The Kier molecular flexibility index (Phi) is 4.82. The van der Waals surface area contributed by atoms with Crippen molar-refractivity contribution in [1.29, 1.82) is 0 Å². The molecule has 108 valence electrons. The number of aromatic nitrogens is 4. The van der Waals surface area contributed by atoms with Crippen molar-refractivity contribution < 1.29 is 4.79 Å².